The molecule has 1 aliphatic rings. The fourth-order valence-corrected chi connectivity index (χ4v) is 2.37. The van der Waals surface area contributed by atoms with E-state index in [0.717, 1.165) is 5.56 Å². The van der Waals surface area contributed by atoms with E-state index in [0.29, 0.717) is 0 Å². The maximum absolute atomic E-state index is 11.8. The lowest BCUT2D eigenvalue weighted by atomic mass is 9.90. The number of amides is 1. The third-order valence-corrected chi connectivity index (χ3v) is 3.40. The number of carboxylic acids is 1. The van der Waals surface area contributed by atoms with Gasteiger partial charge in [-0.1, -0.05) is 30.3 Å². The molecule has 1 atom stereocenters. The molecule has 1 heterocycles. The normalized spacial score (nSPS) is 23.5. The standard InChI is InChI=1S/C15H19NO5/c1-14(2)9-15(10-21-14,12(17)18)16-13(19)20-8-11-6-4-3-5-7-11/h3-7H,8-10H2,1-2H3,(H,16,19)(H,17,18). The first-order chi connectivity index (χ1) is 9.83. The molecule has 1 unspecified atom stereocenters. The van der Waals surface area contributed by atoms with Gasteiger partial charge in [0.25, 0.3) is 0 Å². The number of nitrogens with one attached hydrogen (secondary N) is 1. The molecule has 6 heteroatoms. The quantitative estimate of drug-likeness (QED) is 0.886. The number of hydrogen-bond donors (Lipinski definition) is 2. The second-order valence-electron chi connectivity index (χ2n) is 5.80. The summed E-state index contributed by atoms with van der Waals surface area (Å²) in [6.45, 7) is 3.59. The molecular formula is C15H19NO5. The SMILES string of the molecule is CC1(C)CC(NC(=O)OCc2ccccc2)(C(=O)O)CO1. The fraction of sp³-hybridized carbons (Fsp3) is 0.467. The Hall–Kier alpha value is -2.08. The van der Waals surface area contributed by atoms with Crippen molar-refractivity contribution in [2.75, 3.05) is 6.61 Å². The van der Waals surface area contributed by atoms with Crippen LogP contribution in [0.4, 0.5) is 4.79 Å². The lowest BCUT2D eigenvalue weighted by Crippen LogP contribution is -2.55. The smallest absolute Gasteiger partial charge is 0.408 e. The lowest BCUT2D eigenvalue weighted by Gasteiger charge is -2.24. The van der Waals surface area contributed by atoms with Gasteiger partial charge in [-0.25, -0.2) is 9.59 Å². The van der Waals surface area contributed by atoms with Gasteiger partial charge < -0.3 is 19.9 Å². The van der Waals surface area contributed by atoms with Gasteiger partial charge in [-0.2, -0.15) is 0 Å². The minimum Gasteiger partial charge on any atom is -0.479 e. The predicted molar refractivity (Wildman–Crippen MR) is 74.8 cm³/mol. The molecule has 6 nitrogen and oxygen atoms in total. The van der Waals surface area contributed by atoms with E-state index in [1.807, 2.05) is 30.3 Å². The molecule has 1 saturated heterocycles. The first-order valence-electron chi connectivity index (χ1n) is 6.69. The molecule has 0 spiro atoms. The third kappa shape index (κ3) is 3.72. The lowest BCUT2D eigenvalue weighted by molar-refractivity contribution is -0.144. The number of aliphatic carboxylic acids is 1. The van der Waals surface area contributed by atoms with Gasteiger partial charge in [-0.05, 0) is 19.4 Å². The minimum absolute atomic E-state index is 0.0736. The van der Waals surface area contributed by atoms with Crippen molar-refractivity contribution in [3.05, 3.63) is 35.9 Å². The van der Waals surface area contributed by atoms with Gasteiger partial charge in [0.15, 0.2) is 5.54 Å². The van der Waals surface area contributed by atoms with E-state index in [2.05, 4.69) is 5.32 Å². The number of ether oxygens (including phenoxy) is 2. The Labute approximate surface area is 123 Å². The number of benzene rings is 1. The van der Waals surface area contributed by atoms with Crippen molar-refractivity contribution in [3.63, 3.8) is 0 Å². The molecule has 0 saturated carbocycles. The van der Waals surface area contributed by atoms with Gasteiger partial charge in [0.05, 0.1) is 12.2 Å². The second kappa shape index (κ2) is 5.73. The van der Waals surface area contributed by atoms with Gasteiger partial charge in [-0.3, -0.25) is 0 Å². The first kappa shape index (κ1) is 15.3. The summed E-state index contributed by atoms with van der Waals surface area (Å²) in [5.74, 6) is -1.12. The van der Waals surface area contributed by atoms with E-state index in [4.69, 9.17) is 9.47 Å². The Bertz CT molecular complexity index is 528. The number of carbonyl (C=O) groups is 2. The third-order valence-electron chi connectivity index (χ3n) is 3.40. The summed E-state index contributed by atoms with van der Waals surface area (Å²) < 4.78 is 10.5. The second-order valence-corrected chi connectivity index (χ2v) is 5.80. The summed E-state index contributed by atoms with van der Waals surface area (Å²) in [4.78, 5) is 23.3. The van der Waals surface area contributed by atoms with Crippen LogP contribution in [0.5, 0.6) is 0 Å². The highest BCUT2D eigenvalue weighted by atomic mass is 16.6. The van der Waals surface area contributed by atoms with E-state index in [1.165, 1.54) is 0 Å². The Morgan fingerprint density at radius 1 is 1.33 bits per heavy atom. The van der Waals surface area contributed by atoms with Crippen LogP contribution < -0.4 is 5.32 Å². The van der Waals surface area contributed by atoms with Crippen LogP contribution in [-0.4, -0.2) is 34.9 Å². The number of alkyl carbamates (subject to hydrolysis) is 1. The molecule has 1 aromatic carbocycles. The molecule has 1 aliphatic heterocycles. The highest BCUT2D eigenvalue weighted by Gasteiger charge is 2.51. The first-order valence-corrected chi connectivity index (χ1v) is 6.69. The number of carbonyl (C=O) groups excluding carboxylic acids is 1. The molecule has 1 fully saturated rings. The van der Waals surface area contributed by atoms with E-state index in [1.54, 1.807) is 13.8 Å². The molecule has 0 aromatic heterocycles. The molecule has 114 valence electrons. The number of carboxylic acid groups (broad SMARTS) is 1. The van der Waals surface area contributed by atoms with Crippen LogP contribution in [0.15, 0.2) is 30.3 Å². The van der Waals surface area contributed by atoms with Gasteiger partial charge in [0.1, 0.15) is 6.61 Å². The van der Waals surface area contributed by atoms with E-state index in [-0.39, 0.29) is 19.6 Å². The van der Waals surface area contributed by atoms with E-state index >= 15 is 0 Å². The van der Waals surface area contributed by atoms with Gasteiger partial charge >= 0.3 is 12.1 Å². The van der Waals surface area contributed by atoms with Gasteiger partial charge in [0, 0.05) is 6.42 Å². The van der Waals surface area contributed by atoms with Crippen molar-refractivity contribution in [2.45, 2.75) is 38.0 Å². The summed E-state index contributed by atoms with van der Waals surface area (Å²) in [5, 5.41) is 11.8. The van der Waals surface area contributed by atoms with Crippen LogP contribution in [0.3, 0.4) is 0 Å². The molecular weight excluding hydrogens is 274 g/mol. The zero-order valence-corrected chi connectivity index (χ0v) is 12.1. The van der Waals surface area contributed by atoms with Crippen molar-refractivity contribution in [1.29, 1.82) is 0 Å². The van der Waals surface area contributed by atoms with Crippen LogP contribution in [0.2, 0.25) is 0 Å². The molecule has 0 bridgehead atoms. The summed E-state index contributed by atoms with van der Waals surface area (Å²) >= 11 is 0. The molecule has 0 radical (unpaired) electrons. The van der Waals surface area contributed by atoms with Crippen LogP contribution in [0.25, 0.3) is 0 Å². The summed E-state index contributed by atoms with van der Waals surface area (Å²) in [5.41, 5.74) is -1.19. The average molecular weight is 293 g/mol. The van der Waals surface area contributed by atoms with Gasteiger partial charge in [-0.15, -0.1) is 0 Å². The summed E-state index contributed by atoms with van der Waals surface area (Å²) in [7, 11) is 0. The van der Waals surface area contributed by atoms with Crippen LogP contribution in [0.1, 0.15) is 25.8 Å². The van der Waals surface area contributed by atoms with E-state index in [9.17, 15) is 14.7 Å². The van der Waals surface area contributed by atoms with Gasteiger partial charge in [0.2, 0.25) is 0 Å². The zero-order valence-electron chi connectivity index (χ0n) is 12.1. The summed E-state index contributed by atoms with van der Waals surface area (Å²) in [6.07, 6.45) is -0.571. The zero-order chi connectivity index (χ0) is 15.5. The monoisotopic (exact) mass is 293 g/mol. The molecule has 1 amide bonds. The highest BCUT2D eigenvalue weighted by molar-refractivity contribution is 5.85. The van der Waals surface area contributed by atoms with Crippen molar-refractivity contribution in [2.24, 2.45) is 0 Å². The Morgan fingerprint density at radius 3 is 2.52 bits per heavy atom. The Morgan fingerprint density at radius 2 is 2.00 bits per heavy atom. The molecule has 2 rings (SSSR count). The molecule has 0 aliphatic carbocycles. The van der Waals surface area contributed by atoms with Crippen molar-refractivity contribution in [1.82, 2.24) is 5.32 Å². The summed E-state index contributed by atoms with van der Waals surface area (Å²) in [6, 6.07) is 9.18. The van der Waals surface area contributed by atoms with Crippen molar-refractivity contribution >= 4 is 12.1 Å². The fourth-order valence-electron chi connectivity index (χ4n) is 2.37. The molecule has 1 aromatic rings. The van der Waals surface area contributed by atoms with Crippen LogP contribution in [0, 0.1) is 0 Å². The van der Waals surface area contributed by atoms with Crippen LogP contribution >= 0.6 is 0 Å². The maximum Gasteiger partial charge on any atom is 0.408 e. The van der Waals surface area contributed by atoms with Crippen molar-refractivity contribution < 1.29 is 24.2 Å². The topological polar surface area (TPSA) is 84.9 Å². The van der Waals surface area contributed by atoms with E-state index < -0.39 is 23.2 Å². The Balaban J connectivity index is 1.95. The minimum atomic E-state index is -1.43. The maximum atomic E-state index is 11.8. The average Bonchev–Trinajstić information content (AvgIpc) is 2.74. The van der Waals surface area contributed by atoms with Crippen LogP contribution in [-0.2, 0) is 20.9 Å². The number of rotatable bonds is 4. The molecule has 2 N–H and O–H groups in total. The predicted octanol–water partition coefficient (Wildman–Crippen LogP) is 1.94. The largest absolute Gasteiger partial charge is 0.479 e. The highest BCUT2D eigenvalue weighted by Crippen LogP contribution is 2.32. The van der Waals surface area contributed by atoms with Crippen molar-refractivity contribution in [3.8, 4) is 0 Å². The number of hydrogen-bond acceptors (Lipinski definition) is 4. The molecule has 21 heavy (non-hydrogen) atoms. The Kier molecular flexibility index (Phi) is 4.18.